The highest BCUT2D eigenvalue weighted by Gasteiger charge is 2.26. The predicted molar refractivity (Wildman–Crippen MR) is 106 cm³/mol. The molecule has 2 heterocycles. The van der Waals surface area contributed by atoms with Crippen LogP contribution in [0.1, 0.15) is 25.0 Å². The zero-order chi connectivity index (χ0) is 18.8. The molecule has 27 heavy (non-hydrogen) atoms. The van der Waals surface area contributed by atoms with Gasteiger partial charge in [0.25, 0.3) is 0 Å². The Bertz CT molecular complexity index is 843. The highest BCUT2D eigenvalue weighted by atomic mass is 16.6. The van der Waals surface area contributed by atoms with Crippen LogP contribution in [0.5, 0.6) is 17.2 Å². The monoisotopic (exact) mass is 366 g/mol. The van der Waals surface area contributed by atoms with Crippen molar-refractivity contribution in [2.45, 2.75) is 26.3 Å². The van der Waals surface area contributed by atoms with Crippen LogP contribution in [-0.2, 0) is 6.42 Å². The van der Waals surface area contributed by atoms with Gasteiger partial charge in [-0.1, -0.05) is 12.1 Å². The summed E-state index contributed by atoms with van der Waals surface area (Å²) >= 11 is 0. The molecular formula is C22H26N2O3. The number of nitrogens with one attached hydrogen (secondary N) is 1. The number of hydrazine groups is 1. The molecule has 0 amide bonds. The van der Waals surface area contributed by atoms with Crippen molar-refractivity contribution in [1.29, 1.82) is 0 Å². The highest BCUT2D eigenvalue weighted by molar-refractivity contribution is 5.72. The van der Waals surface area contributed by atoms with Crippen LogP contribution in [0.2, 0.25) is 0 Å². The van der Waals surface area contributed by atoms with E-state index in [-0.39, 0.29) is 0 Å². The van der Waals surface area contributed by atoms with Crippen molar-refractivity contribution in [2.24, 2.45) is 0 Å². The summed E-state index contributed by atoms with van der Waals surface area (Å²) in [4.78, 5) is 0. The highest BCUT2D eigenvalue weighted by Crippen LogP contribution is 2.37. The van der Waals surface area contributed by atoms with Gasteiger partial charge in [0.1, 0.15) is 19.0 Å². The minimum Gasteiger partial charge on any atom is -0.497 e. The second-order valence-electron chi connectivity index (χ2n) is 7.13. The van der Waals surface area contributed by atoms with Crippen LogP contribution in [0.3, 0.4) is 0 Å². The van der Waals surface area contributed by atoms with Gasteiger partial charge in [0.05, 0.1) is 12.8 Å². The Labute approximate surface area is 160 Å². The third kappa shape index (κ3) is 3.60. The summed E-state index contributed by atoms with van der Waals surface area (Å²) in [5, 5.41) is 2.25. The van der Waals surface area contributed by atoms with Crippen molar-refractivity contribution in [3.63, 3.8) is 0 Å². The third-order valence-corrected chi connectivity index (χ3v) is 4.95. The minimum atomic E-state index is 0.349. The maximum absolute atomic E-state index is 5.80. The molecule has 2 aliphatic rings. The van der Waals surface area contributed by atoms with E-state index >= 15 is 0 Å². The molecule has 0 unspecified atom stereocenters. The van der Waals surface area contributed by atoms with Gasteiger partial charge in [0, 0.05) is 18.2 Å². The van der Waals surface area contributed by atoms with Crippen LogP contribution in [-0.4, -0.2) is 37.9 Å². The molecule has 0 spiro atoms. The SMILES string of the molecule is COc1ccc(CC2=C(c3ccc4c(c3)OCCO4)N(C(C)C)NC2)cc1. The van der Waals surface area contributed by atoms with Gasteiger partial charge in [-0.25, -0.2) is 5.43 Å². The first kappa shape index (κ1) is 17.7. The Morgan fingerprint density at radius 2 is 1.78 bits per heavy atom. The summed E-state index contributed by atoms with van der Waals surface area (Å²) in [7, 11) is 1.69. The van der Waals surface area contributed by atoms with Gasteiger partial charge in [-0.2, -0.15) is 0 Å². The lowest BCUT2D eigenvalue weighted by Crippen LogP contribution is -2.37. The van der Waals surface area contributed by atoms with Crippen LogP contribution in [0.4, 0.5) is 0 Å². The average Bonchev–Trinajstić information content (AvgIpc) is 3.12. The number of ether oxygens (including phenoxy) is 3. The number of rotatable bonds is 5. The fraction of sp³-hybridized carbons (Fsp3) is 0.364. The van der Waals surface area contributed by atoms with Crippen LogP contribution in [0.25, 0.3) is 5.70 Å². The molecule has 4 rings (SSSR count). The maximum atomic E-state index is 5.80. The van der Waals surface area contributed by atoms with Crippen molar-refractivity contribution in [1.82, 2.24) is 10.4 Å². The molecule has 0 aromatic heterocycles. The topological polar surface area (TPSA) is 43.0 Å². The first-order valence-electron chi connectivity index (χ1n) is 9.43. The van der Waals surface area contributed by atoms with Crippen LogP contribution in [0, 0.1) is 0 Å². The molecule has 0 aliphatic carbocycles. The van der Waals surface area contributed by atoms with E-state index in [1.54, 1.807) is 7.11 Å². The van der Waals surface area contributed by atoms with E-state index in [9.17, 15) is 0 Å². The number of nitrogens with zero attached hydrogens (tertiary/aromatic N) is 1. The molecule has 2 aromatic carbocycles. The van der Waals surface area contributed by atoms with Crippen molar-refractivity contribution in [2.75, 3.05) is 26.9 Å². The summed E-state index contributed by atoms with van der Waals surface area (Å²) in [5.41, 5.74) is 8.57. The van der Waals surface area contributed by atoms with Crippen LogP contribution in [0.15, 0.2) is 48.0 Å². The zero-order valence-corrected chi connectivity index (χ0v) is 16.1. The summed E-state index contributed by atoms with van der Waals surface area (Å²) in [6, 6.07) is 14.9. The minimum absolute atomic E-state index is 0.349. The summed E-state index contributed by atoms with van der Waals surface area (Å²) in [5.74, 6) is 2.53. The van der Waals surface area contributed by atoms with Crippen molar-refractivity contribution < 1.29 is 14.2 Å². The van der Waals surface area contributed by atoms with Gasteiger partial charge in [0.2, 0.25) is 0 Å². The molecule has 2 aliphatic heterocycles. The Hall–Kier alpha value is -2.66. The molecular weight excluding hydrogens is 340 g/mol. The summed E-state index contributed by atoms with van der Waals surface area (Å²) < 4.78 is 16.7. The first-order valence-corrected chi connectivity index (χ1v) is 9.43. The van der Waals surface area contributed by atoms with Crippen LogP contribution >= 0.6 is 0 Å². The Morgan fingerprint density at radius 3 is 2.48 bits per heavy atom. The van der Waals surface area contributed by atoms with Gasteiger partial charge in [0.15, 0.2) is 11.5 Å². The molecule has 0 bridgehead atoms. The Morgan fingerprint density at radius 1 is 1.04 bits per heavy atom. The maximum Gasteiger partial charge on any atom is 0.162 e. The van der Waals surface area contributed by atoms with Gasteiger partial charge < -0.3 is 19.2 Å². The number of hydrogen-bond acceptors (Lipinski definition) is 5. The van der Waals surface area contributed by atoms with Gasteiger partial charge in [-0.05, 0) is 61.7 Å². The van der Waals surface area contributed by atoms with Gasteiger partial charge in [-0.3, -0.25) is 0 Å². The number of methoxy groups -OCH3 is 1. The smallest absolute Gasteiger partial charge is 0.162 e. The zero-order valence-electron chi connectivity index (χ0n) is 16.1. The molecule has 2 aromatic rings. The summed E-state index contributed by atoms with van der Waals surface area (Å²) in [6.07, 6.45) is 0.893. The lowest BCUT2D eigenvalue weighted by Gasteiger charge is -2.28. The largest absolute Gasteiger partial charge is 0.497 e. The lowest BCUT2D eigenvalue weighted by molar-refractivity contribution is 0.171. The van der Waals surface area contributed by atoms with Gasteiger partial charge in [-0.15, -0.1) is 0 Å². The number of hydrogen-bond donors (Lipinski definition) is 1. The normalized spacial score (nSPS) is 16.2. The molecule has 142 valence electrons. The van der Waals surface area contributed by atoms with E-state index in [1.807, 2.05) is 18.2 Å². The van der Waals surface area contributed by atoms with E-state index in [0.717, 1.165) is 35.8 Å². The Balaban J connectivity index is 1.70. The molecule has 0 saturated carbocycles. The van der Waals surface area contributed by atoms with Gasteiger partial charge >= 0.3 is 0 Å². The Kier molecular flexibility index (Phi) is 4.94. The van der Waals surface area contributed by atoms with Crippen molar-refractivity contribution in [3.05, 3.63) is 59.2 Å². The first-order chi connectivity index (χ1) is 13.2. The van der Waals surface area contributed by atoms with Crippen LogP contribution < -0.4 is 19.6 Å². The lowest BCUT2D eigenvalue weighted by atomic mass is 9.99. The van der Waals surface area contributed by atoms with E-state index in [1.165, 1.54) is 16.8 Å². The predicted octanol–water partition coefficient (Wildman–Crippen LogP) is 3.65. The number of fused-ring (bicyclic) bond motifs is 1. The molecule has 5 heteroatoms. The second kappa shape index (κ2) is 7.53. The molecule has 0 radical (unpaired) electrons. The standard InChI is InChI=1S/C22H26N2O3/c1-15(2)24-22(17-6-9-20-21(13-17)27-11-10-26-20)18(14-23-24)12-16-4-7-19(25-3)8-5-16/h4-9,13,15,23H,10-12,14H2,1-3H3. The fourth-order valence-corrected chi connectivity index (χ4v) is 3.62. The third-order valence-electron chi connectivity index (χ3n) is 4.95. The molecule has 0 fully saturated rings. The van der Waals surface area contributed by atoms with E-state index in [2.05, 4.69) is 48.5 Å². The molecule has 1 N–H and O–H groups in total. The quantitative estimate of drug-likeness (QED) is 0.875. The van der Waals surface area contributed by atoms with E-state index in [4.69, 9.17) is 14.2 Å². The molecule has 0 atom stereocenters. The average molecular weight is 366 g/mol. The van der Waals surface area contributed by atoms with Crippen molar-refractivity contribution in [3.8, 4) is 17.2 Å². The molecule has 5 nitrogen and oxygen atoms in total. The number of benzene rings is 2. The molecule has 0 saturated heterocycles. The van der Waals surface area contributed by atoms with E-state index in [0.29, 0.717) is 19.3 Å². The van der Waals surface area contributed by atoms with Crippen molar-refractivity contribution >= 4 is 5.70 Å². The van der Waals surface area contributed by atoms with E-state index < -0.39 is 0 Å². The summed E-state index contributed by atoms with van der Waals surface area (Å²) in [6.45, 7) is 6.44. The second-order valence-corrected chi connectivity index (χ2v) is 7.13. The fourth-order valence-electron chi connectivity index (χ4n) is 3.62.